The van der Waals surface area contributed by atoms with Crippen molar-refractivity contribution in [1.82, 2.24) is 9.62 Å². The van der Waals surface area contributed by atoms with Gasteiger partial charge in [0.1, 0.15) is 0 Å². The van der Waals surface area contributed by atoms with Crippen LogP contribution in [0, 0.1) is 23.0 Å². The van der Waals surface area contributed by atoms with E-state index >= 15 is 0 Å². The van der Waals surface area contributed by atoms with Gasteiger partial charge in [-0.25, -0.2) is 12.7 Å². The van der Waals surface area contributed by atoms with Crippen molar-refractivity contribution in [2.45, 2.75) is 37.9 Å². The molecule has 1 heterocycles. The van der Waals surface area contributed by atoms with Crippen molar-refractivity contribution in [2.24, 2.45) is 5.92 Å². The smallest absolute Gasteiger partial charge is 0.313 e. The number of aryl methyl sites for hydroxylation is 1. The summed E-state index contributed by atoms with van der Waals surface area (Å²) in [5, 5.41) is 15.6. The van der Waals surface area contributed by atoms with E-state index in [1.165, 1.54) is 22.5 Å². The highest BCUT2D eigenvalue weighted by Crippen LogP contribution is 2.33. The van der Waals surface area contributed by atoms with E-state index in [0.29, 0.717) is 43.7 Å². The molecule has 2 fully saturated rings. The zero-order valence-corrected chi connectivity index (χ0v) is 16.9. The Labute approximate surface area is 168 Å². The lowest BCUT2D eigenvalue weighted by atomic mass is 9.98. The number of nitrogens with zero attached hydrogens (tertiary/aromatic N) is 2. The Kier molecular flexibility index (Phi) is 6.18. The van der Waals surface area contributed by atoms with Gasteiger partial charge < -0.3 is 10.6 Å². The van der Waals surface area contributed by atoms with Gasteiger partial charge in [0.15, 0.2) is 0 Å². The number of carbonyl (C=O) groups excluding carboxylic acids is 2. The third kappa shape index (κ3) is 5.10. The number of piperidine rings is 1. The van der Waals surface area contributed by atoms with E-state index in [0.717, 1.165) is 12.8 Å². The summed E-state index contributed by atoms with van der Waals surface area (Å²) in [7, 11) is -3.16. The maximum absolute atomic E-state index is 12.2. The first-order chi connectivity index (χ1) is 13.7. The average molecular weight is 424 g/mol. The topological polar surface area (TPSA) is 139 Å². The molecule has 1 aliphatic carbocycles. The highest BCUT2D eigenvalue weighted by Gasteiger charge is 2.41. The minimum Gasteiger partial charge on any atom is -0.348 e. The number of hydrogen-bond donors (Lipinski definition) is 2. The van der Waals surface area contributed by atoms with Crippen LogP contribution < -0.4 is 10.6 Å². The molecule has 29 heavy (non-hydrogen) atoms. The molecule has 0 spiro atoms. The van der Waals surface area contributed by atoms with Crippen LogP contribution in [0.3, 0.4) is 0 Å². The monoisotopic (exact) mass is 424 g/mol. The number of nitro benzene ring substituents is 1. The maximum Gasteiger partial charge on any atom is 0.313 e. The molecule has 0 unspecified atom stereocenters. The van der Waals surface area contributed by atoms with E-state index in [9.17, 15) is 28.1 Å². The van der Waals surface area contributed by atoms with Gasteiger partial charge in [0.25, 0.3) is 5.69 Å². The molecule has 0 bridgehead atoms. The predicted molar refractivity (Wildman–Crippen MR) is 106 cm³/mol. The van der Waals surface area contributed by atoms with Crippen molar-refractivity contribution < 1.29 is 22.9 Å². The number of sulfonamides is 1. The minimum atomic E-state index is -3.16. The Balaban J connectivity index is 1.45. The van der Waals surface area contributed by atoms with Crippen LogP contribution in [0.2, 0.25) is 0 Å². The van der Waals surface area contributed by atoms with E-state index in [1.54, 1.807) is 6.92 Å². The van der Waals surface area contributed by atoms with Gasteiger partial charge in [-0.05, 0) is 50.2 Å². The lowest BCUT2D eigenvalue weighted by molar-refractivity contribution is -0.384. The van der Waals surface area contributed by atoms with Crippen molar-refractivity contribution in [3.63, 3.8) is 0 Å². The molecular formula is C18H24N4O6S. The summed E-state index contributed by atoms with van der Waals surface area (Å²) in [6.07, 6.45) is 2.74. The number of non-ortho nitro benzene ring substituents is 1. The van der Waals surface area contributed by atoms with E-state index in [1.807, 2.05) is 0 Å². The Bertz CT molecular complexity index is 920. The lowest BCUT2D eigenvalue weighted by Crippen LogP contribution is -2.44. The molecule has 10 nitrogen and oxygen atoms in total. The number of anilines is 1. The molecule has 1 aromatic rings. The van der Waals surface area contributed by atoms with Crippen molar-refractivity contribution in [3.05, 3.63) is 33.9 Å². The van der Waals surface area contributed by atoms with E-state index in [4.69, 9.17) is 0 Å². The number of rotatable bonds is 6. The fraction of sp³-hybridized carbons (Fsp3) is 0.556. The summed E-state index contributed by atoms with van der Waals surface area (Å²) < 4.78 is 26.0. The Morgan fingerprint density at radius 1 is 1.17 bits per heavy atom. The second kappa shape index (κ2) is 8.46. The fourth-order valence-electron chi connectivity index (χ4n) is 3.34. The van der Waals surface area contributed by atoms with Crippen LogP contribution >= 0.6 is 0 Å². The van der Waals surface area contributed by atoms with Gasteiger partial charge in [0.05, 0.1) is 10.2 Å². The van der Waals surface area contributed by atoms with Crippen LogP contribution in [-0.2, 0) is 19.6 Å². The molecule has 11 heteroatoms. The summed E-state index contributed by atoms with van der Waals surface area (Å²) >= 11 is 0. The summed E-state index contributed by atoms with van der Waals surface area (Å²) in [6.45, 7) is 2.77. The van der Waals surface area contributed by atoms with Crippen LogP contribution in [0.15, 0.2) is 18.2 Å². The molecule has 0 radical (unpaired) electrons. The number of hydrogen-bond acceptors (Lipinski definition) is 6. The third-order valence-corrected chi connectivity index (χ3v) is 7.70. The third-order valence-electron chi connectivity index (χ3n) is 5.31. The van der Waals surface area contributed by atoms with Crippen LogP contribution in [-0.4, -0.2) is 54.3 Å². The molecule has 1 saturated heterocycles. The van der Waals surface area contributed by atoms with Crippen LogP contribution in [0.1, 0.15) is 31.2 Å². The second-order valence-electron chi connectivity index (χ2n) is 7.51. The molecule has 0 aromatic heterocycles. The van der Waals surface area contributed by atoms with E-state index in [2.05, 4.69) is 10.6 Å². The largest absolute Gasteiger partial charge is 0.348 e. The Morgan fingerprint density at radius 3 is 2.38 bits per heavy atom. The van der Waals surface area contributed by atoms with Crippen molar-refractivity contribution in [2.75, 3.05) is 25.0 Å². The number of amides is 2. The molecule has 1 aromatic carbocycles. The van der Waals surface area contributed by atoms with Crippen molar-refractivity contribution >= 4 is 33.2 Å². The zero-order chi connectivity index (χ0) is 21.2. The summed E-state index contributed by atoms with van der Waals surface area (Å²) in [5.41, 5.74) is 0.707. The maximum atomic E-state index is 12.2. The van der Waals surface area contributed by atoms with E-state index < -0.39 is 26.8 Å². The summed E-state index contributed by atoms with van der Waals surface area (Å²) in [4.78, 5) is 34.4. The van der Waals surface area contributed by atoms with Gasteiger partial charge in [-0.2, -0.15) is 0 Å². The van der Waals surface area contributed by atoms with Gasteiger partial charge >= 0.3 is 11.8 Å². The first-order valence-corrected chi connectivity index (χ1v) is 11.0. The Morgan fingerprint density at radius 2 is 1.83 bits per heavy atom. The van der Waals surface area contributed by atoms with Crippen molar-refractivity contribution in [3.8, 4) is 0 Å². The molecule has 1 saturated carbocycles. The lowest BCUT2D eigenvalue weighted by Gasteiger charge is -2.31. The van der Waals surface area contributed by atoms with Crippen molar-refractivity contribution in [1.29, 1.82) is 0 Å². The molecule has 0 atom stereocenters. The Hall–Kier alpha value is -2.53. The highest BCUT2D eigenvalue weighted by atomic mass is 32.2. The summed E-state index contributed by atoms with van der Waals surface area (Å²) in [5.74, 6) is -1.54. The molecule has 1 aliphatic heterocycles. The molecule has 2 aliphatic rings. The van der Waals surface area contributed by atoms with Gasteiger partial charge in [-0.3, -0.25) is 19.7 Å². The number of nitro groups is 1. The van der Waals surface area contributed by atoms with Gasteiger partial charge in [0, 0.05) is 37.5 Å². The van der Waals surface area contributed by atoms with Gasteiger partial charge in [-0.1, -0.05) is 0 Å². The van der Waals surface area contributed by atoms with Gasteiger partial charge in [-0.15, -0.1) is 0 Å². The first kappa shape index (κ1) is 21.2. The zero-order valence-electron chi connectivity index (χ0n) is 16.1. The van der Waals surface area contributed by atoms with Gasteiger partial charge in [0.2, 0.25) is 10.0 Å². The quantitative estimate of drug-likeness (QED) is 0.399. The first-order valence-electron chi connectivity index (χ1n) is 9.51. The highest BCUT2D eigenvalue weighted by molar-refractivity contribution is 7.90. The number of carbonyl (C=O) groups is 2. The standard InChI is InChI=1S/C18H24N4O6S/c1-12-10-14(22(25)26)2-5-16(12)20-18(24)17(23)19-11-13-6-8-21(9-7-13)29(27,28)15-3-4-15/h2,5,10,13,15H,3-4,6-9,11H2,1H3,(H,19,23)(H,20,24). The minimum absolute atomic E-state index is 0.0972. The molecular weight excluding hydrogens is 400 g/mol. The average Bonchev–Trinajstić information content (AvgIpc) is 3.53. The second-order valence-corrected chi connectivity index (χ2v) is 9.72. The summed E-state index contributed by atoms with van der Waals surface area (Å²) in [6, 6.07) is 3.95. The molecule has 3 rings (SSSR count). The molecule has 2 N–H and O–H groups in total. The van der Waals surface area contributed by atoms with E-state index in [-0.39, 0.29) is 16.9 Å². The fourth-order valence-corrected chi connectivity index (χ4v) is 5.22. The van der Waals surface area contributed by atoms with Crippen LogP contribution in [0.5, 0.6) is 0 Å². The number of nitrogens with one attached hydrogen (secondary N) is 2. The van der Waals surface area contributed by atoms with Crippen LogP contribution in [0.25, 0.3) is 0 Å². The SMILES string of the molecule is Cc1cc([N+](=O)[O-])ccc1NC(=O)C(=O)NCC1CCN(S(=O)(=O)C2CC2)CC1. The normalized spacial score (nSPS) is 18.2. The molecule has 158 valence electrons. The number of benzene rings is 1. The molecule has 2 amide bonds. The van der Waals surface area contributed by atoms with Crippen LogP contribution in [0.4, 0.5) is 11.4 Å². The predicted octanol–water partition coefficient (Wildman–Crippen LogP) is 1.16.